The second-order valence-electron chi connectivity index (χ2n) is 4.93. The van der Waals surface area contributed by atoms with Gasteiger partial charge in [-0.15, -0.1) is 0 Å². The van der Waals surface area contributed by atoms with E-state index in [9.17, 15) is 4.39 Å². The van der Waals surface area contributed by atoms with E-state index in [0.717, 1.165) is 17.9 Å². The molecule has 2 aliphatic rings. The van der Waals surface area contributed by atoms with Crippen molar-refractivity contribution in [1.82, 2.24) is 15.0 Å². The van der Waals surface area contributed by atoms with Gasteiger partial charge >= 0.3 is 0 Å². The van der Waals surface area contributed by atoms with Crippen molar-refractivity contribution >= 4 is 51.7 Å². The summed E-state index contributed by atoms with van der Waals surface area (Å²) in [5.74, 6) is 2.14. The van der Waals surface area contributed by atoms with Crippen LogP contribution in [0, 0.1) is 5.82 Å². The maximum Gasteiger partial charge on any atom is 0.225 e. The van der Waals surface area contributed by atoms with Crippen LogP contribution in [0.25, 0.3) is 10.9 Å². The van der Waals surface area contributed by atoms with Gasteiger partial charge < -0.3 is 4.90 Å². The van der Waals surface area contributed by atoms with E-state index in [1.807, 2.05) is 11.8 Å². The van der Waals surface area contributed by atoms with Crippen molar-refractivity contribution in [2.75, 3.05) is 16.4 Å². The van der Waals surface area contributed by atoms with Crippen LogP contribution in [-0.2, 0) is 0 Å². The van der Waals surface area contributed by atoms with E-state index >= 15 is 0 Å². The first-order chi connectivity index (χ1) is 9.65. The Balaban J connectivity index is 1.93. The predicted molar refractivity (Wildman–Crippen MR) is 79.3 cm³/mol. The topological polar surface area (TPSA) is 41.9 Å². The number of hydrogen-bond donors (Lipinski definition) is 0. The molecule has 0 saturated carbocycles. The minimum Gasteiger partial charge on any atom is -0.348 e. The Morgan fingerprint density at radius 3 is 2.70 bits per heavy atom. The summed E-state index contributed by atoms with van der Waals surface area (Å²) in [6.07, 6.45) is 2.67. The normalized spacial score (nSPS) is 24.9. The van der Waals surface area contributed by atoms with Crippen molar-refractivity contribution in [3.05, 3.63) is 22.5 Å². The van der Waals surface area contributed by atoms with Crippen LogP contribution in [0.2, 0.25) is 10.4 Å². The molecule has 8 heteroatoms. The Morgan fingerprint density at radius 2 is 2.00 bits per heavy atom. The van der Waals surface area contributed by atoms with E-state index < -0.39 is 5.82 Å². The molecule has 0 amide bonds. The predicted octanol–water partition coefficient (Wildman–Crippen LogP) is 3.16. The van der Waals surface area contributed by atoms with E-state index in [1.54, 1.807) is 0 Å². The summed E-state index contributed by atoms with van der Waals surface area (Å²) < 4.78 is 14.1. The van der Waals surface area contributed by atoms with Crippen molar-refractivity contribution in [2.24, 2.45) is 0 Å². The molecular weight excluding hydrogens is 322 g/mol. The standard InChI is InChI=1S/C12H9Cl2FN4S/c13-10-8(15)9-7(2-16-10)11(18-12(14)17-9)19-5-1-6(19)4-20-3-5/h2,5-6H,1,3-4H2. The highest BCUT2D eigenvalue weighted by Crippen LogP contribution is 2.42. The summed E-state index contributed by atoms with van der Waals surface area (Å²) in [5, 5.41) is 0.404. The number of thioether (sulfide) groups is 1. The molecule has 104 valence electrons. The van der Waals surface area contributed by atoms with Gasteiger partial charge in [-0.2, -0.15) is 16.7 Å². The largest absolute Gasteiger partial charge is 0.348 e. The molecule has 4 nitrogen and oxygen atoms in total. The van der Waals surface area contributed by atoms with Crippen molar-refractivity contribution < 1.29 is 4.39 Å². The van der Waals surface area contributed by atoms with Crippen LogP contribution in [0.1, 0.15) is 6.42 Å². The third-order valence-electron chi connectivity index (χ3n) is 3.79. The van der Waals surface area contributed by atoms with Crippen molar-refractivity contribution in [3.63, 3.8) is 0 Å². The number of anilines is 1. The molecule has 0 aromatic carbocycles. The molecule has 2 fully saturated rings. The van der Waals surface area contributed by atoms with Crippen molar-refractivity contribution in [1.29, 1.82) is 0 Å². The molecule has 2 unspecified atom stereocenters. The van der Waals surface area contributed by atoms with Crippen LogP contribution in [0.3, 0.4) is 0 Å². The van der Waals surface area contributed by atoms with Crippen LogP contribution in [0.15, 0.2) is 6.20 Å². The minimum atomic E-state index is -0.644. The summed E-state index contributed by atoms with van der Waals surface area (Å²) >= 11 is 13.6. The molecule has 2 aromatic heterocycles. The molecule has 0 aliphatic carbocycles. The zero-order valence-electron chi connectivity index (χ0n) is 10.2. The van der Waals surface area contributed by atoms with Crippen LogP contribution in [0.5, 0.6) is 0 Å². The molecular formula is C12H9Cl2FN4S. The van der Waals surface area contributed by atoms with E-state index in [2.05, 4.69) is 19.9 Å². The molecule has 4 rings (SSSR count). The Labute approximate surface area is 128 Å². The number of hydrogen-bond acceptors (Lipinski definition) is 5. The van der Waals surface area contributed by atoms with Crippen LogP contribution < -0.4 is 4.90 Å². The molecule has 2 atom stereocenters. The SMILES string of the molecule is Fc1c(Cl)ncc2c(N3C4CSCC3C4)nc(Cl)nc12. The van der Waals surface area contributed by atoms with Crippen LogP contribution in [-0.4, -0.2) is 38.5 Å². The van der Waals surface area contributed by atoms with Gasteiger partial charge in [0.2, 0.25) is 5.28 Å². The van der Waals surface area contributed by atoms with Gasteiger partial charge in [0, 0.05) is 29.8 Å². The first kappa shape index (κ1) is 12.9. The number of fused-ring (bicyclic) bond motifs is 3. The Hall–Kier alpha value is -0.850. The molecule has 2 saturated heterocycles. The minimum absolute atomic E-state index is 0.0336. The first-order valence-corrected chi connectivity index (χ1v) is 8.09. The average Bonchev–Trinajstić information content (AvgIpc) is 2.44. The second-order valence-corrected chi connectivity index (χ2v) is 6.70. The monoisotopic (exact) mass is 330 g/mol. The highest BCUT2D eigenvalue weighted by molar-refractivity contribution is 7.99. The Morgan fingerprint density at radius 1 is 1.25 bits per heavy atom. The maximum atomic E-state index is 14.1. The molecule has 4 heterocycles. The van der Waals surface area contributed by atoms with E-state index in [4.69, 9.17) is 23.2 Å². The van der Waals surface area contributed by atoms with Gasteiger partial charge in [0.25, 0.3) is 0 Å². The summed E-state index contributed by atoms with van der Waals surface area (Å²) in [4.78, 5) is 14.3. The zero-order valence-corrected chi connectivity index (χ0v) is 12.5. The number of rotatable bonds is 1. The Kier molecular flexibility index (Phi) is 2.94. The number of nitrogens with zero attached hydrogens (tertiary/aromatic N) is 4. The Bertz CT molecular complexity index is 699. The quantitative estimate of drug-likeness (QED) is 0.593. The van der Waals surface area contributed by atoms with E-state index in [1.165, 1.54) is 6.20 Å². The number of halogens is 3. The summed E-state index contributed by atoms with van der Waals surface area (Å²) in [6.45, 7) is 0. The summed E-state index contributed by atoms with van der Waals surface area (Å²) in [7, 11) is 0. The van der Waals surface area contributed by atoms with E-state index in [0.29, 0.717) is 23.3 Å². The first-order valence-electron chi connectivity index (χ1n) is 6.18. The fourth-order valence-corrected chi connectivity index (χ4v) is 4.45. The third-order valence-corrected chi connectivity index (χ3v) is 5.46. The summed E-state index contributed by atoms with van der Waals surface area (Å²) in [5.41, 5.74) is 0.137. The van der Waals surface area contributed by atoms with Gasteiger partial charge in [-0.1, -0.05) is 11.6 Å². The molecule has 0 N–H and O–H groups in total. The zero-order chi connectivity index (χ0) is 13.9. The lowest BCUT2D eigenvalue weighted by atomic mass is 9.94. The number of aromatic nitrogens is 3. The highest BCUT2D eigenvalue weighted by atomic mass is 35.5. The lowest BCUT2D eigenvalue weighted by Crippen LogP contribution is -2.62. The van der Waals surface area contributed by atoms with Gasteiger partial charge in [-0.3, -0.25) is 0 Å². The molecule has 2 aliphatic heterocycles. The number of pyridine rings is 1. The fourth-order valence-electron chi connectivity index (χ4n) is 2.87. The van der Waals surface area contributed by atoms with Crippen LogP contribution in [0.4, 0.5) is 10.2 Å². The van der Waals surface area contributed by atoms with Crippen molar-refractivity contribution in [2.45, 2.75) is 18.5 Å². The summed E-state index contributed by atoms with van der Waals surface area (Å²) in [6, 6.07) is 0.873. The molecule has 2 bridgehead atoms. The van der Waals surface area contributed by atoms with Crippen LogP contribution >= 0.6 is 35.0 Å². The second kappa shape index (κ2) is 4.58. The fraction of sp³-hybridized carbons (Fsp3) is 0.417. The maximum absolute atomic E-state index is 14.1. The molecule has 20 heavy (non-hydrogen) atoms. The molecule has 0 spiro atoms. The van der Waals surface area contributed by atoms with Gasteiger partial charge in [0.15, 0.2) is 11.0 Å². The smallest absolute Gasteiger partial charge is 0.225 e. The van der Waals surface area contributed by atoms with Crippen molar-refractivity contribution in [3.8, 4) is 0 Å². The van der Waals surface area contributed by atoms with Gasteiger partial charge in [-0.25, -0.2) is 14.4 Å². The van der Waals surface area contributed by atoms with Gasteiger partial charge in [0.1, 0.15) is 11.3 Å². The highest BCUT2D eigenvalue weighted by Gasteiger charge is 2.43. The molecule has 0 radical (unpaired) electrons. The average molecular weight is 331 g/mol. The third kappa shape index (κ3) is 1.78. The van der Waals surface area contributed by atoms with Gasteiger partial charge in [-0.05, 0) is 18.0 Å². The lowest BCUT2D eigenvalue weighted by molar-refractivity contribution is 0.375. The van der Waals surface area contributed by atoms with Gasteiger partial charge in [0.05, 0.1) is 5.39 Å². The van der Waals surface area contributed by atoms with E-state index in [-0.39, 0.29) is 16.0 Å². The molecule has 2 aromatic rings. The lowest BCUT2D eigenvalue weighted by Gasteiger charge is -2.53.